The molecule has 0 atom stereocenters. The van der Waals surface area contributed by atoms with E-state index in [9.17, 15) is 0 Å². The molecule has 0 aliphatic rings. The molecule has 0 aliphatic carbocycles. The minimum atomic E-state index is 1.12. The Labute approximate surface area is 78.6 Å². The summed E-state index contributed by atoms with van der Waals surface area (Å²) in [6.45, 7) is 4.28. The van der Waals surface area contributed by atoms with Crippen LogP contribution in [0.1, 0.15) is 12.5 Å². The van der Waals surface area contributed by atoms with Crippen LogP contribution in [-0.4, -0.2) is 12.8 Å². The average Bonchev–Trinajstić information content (AvgIpc) is 2.08. The van der Waals surface area contributed by atoms with Gasteiger partial charge in [0.1, 0.15) is 0 Å². The van der Waals surface area contributed by atoms with Gasteiger partial charge in [0.15, 0.2) is 0 Å². The molecule has 0 radical (unpaired) electrons. The van der Waals surface area contributed by atoms with E-state index in [1.54, 1.807) is 0 Å². The molecule has 12 heavy (non-hydrogen) atoms. The molecule has 1 rings (SSSR count). The number of nitrogens with one attached hydrogen (secondary N) is 1. The summed E-state index contributed by atoms with van der Waals surface area (Å²) in [5.41, 5.74) is 2.54. The van der Waals surface area contributed by atoms with E-state index < -0.39 is 0 Å². The fourth-order valence-electron chi connectivity index (χ4n) is 1.12. The first kappa shape index (κ1) is 9.46. The van der Waals surface area contributed by atoms with Crippen LogP contribution in [0.15, 0.2) is 23.1 Å². The van der Waals surface area contributed by atoms with Crippen LogP contribution in [0.4, 0.5) is 5.69 Å². The Hall–Kier alpha value is -0.630. The predicted octanol–water partition coefficient (Wildman–Crippen LogP) is 3.15. The van der Waals surface area contributed by atoms with E-state index in [4.69, 9.17) is 0 Å². The van der Waals surface area contributed by atoms with Gasteiger partial charge in [0, 0.05) is 17.6 Å². The van der Waals surface area contributed by atoms with Crippen molar-refractivity contribution in [2.45, 2.75) is 18.7 Å². The van der Waals surface area contributed by atoms with Crippen molar-refractivity contribution in [2.75, 3.05) is 18.1 Å². The molecule has 0 fully saturated rings. The van der Waals surface area contributed by atoms with E-state index in [-0.39, 0.29) is 0 Å². The number of rotatable bonds is 3. The van der Waals surface area contributed by atoms with Crippen molar-refractivity contribution in [3.63, 3.8) is 0 Å². The number of aryl methyl sites for hydroxylation is 1. The highest BCUT2D eigenvalue weighted by Crippen LogP contribution is 2.27. The molecule has 0 spiro atoms. The summed E-state index contributed by atoms with van der Waals surface area (Å²) >= 11 is 1.87. The second-order valence-electron chi connectivity index (χ2n) is 2.68. The maximum atomic E-state index is 3.20. The van der Waals surface area contributed by atoms with Gasteiger partial charge in [-0.2, -0.15) is 0 Å². The van der Waals surface area contributed by atoms with Gasteiger partial charge < -0.3 is 5.32 Å². The maximum Gasteiger partial charge on any atom is 0.0478 e. The molecule has 66 valence electrons. The second-order valence-corrected chi connectivity index (χ2v) is 3.99. The topological polar surface area (TPSA) is 12.0 Å². The second kappa shape index (κ2) is 4.41. The van der Waals surface area contributed by atoms with Gasteiger partial charge in [-0.15, -0.1) is 11.8 Å². The highest BCUT2D eigenvalue weighted by atomic mass is 32.2. The Morgan fingerprint density at radius 3 is 2.75 bits per heavy atom. The molecule has 0 heterocycles. The summed E-state index contributed by atoms with van der Waals surface area (Å²) < 4.78 is 0. The van der Waals surface area contributed by atoms with Crippen LogP contribution in [0.25, 0.3) is 0 Å². The van der Waals surface area contributed by atoms with Gasteiger partial charge in [0.05, 0.1) is 0 Å². The highest BCUT2D eigenvalue weighted by molar-refractivity contribution is 7.99. The van der Waals surface area contributed by atoms with E-state index in [0.29, 0.717) is 0 Å². The van der Waals surface area contributed by atoms with Crippen molar-refractivity contribution >= 4 is 17.4 Å². The fourth-order valence-corrected chi connectivity index (χ4v) is 1.91. The van der Waals surface area contributed by atoms with Crippen molar-refractivity contribution in [1.29, 1.82) is 0 Å². The van der Waals surface area contributed by atoms with E-state index in [0.717, 1.165) is 5.75 Å². The first-order valence-corrected chi connectivity index (χ1v) is 5.17. The first-order valence-electron chi connectivity index (χ1n) is 4.19. The van der Waals surface area contributed by atoms with Crippen LogP contribution in [0.2, 0.25) is 0 Å². The summed E-state index contributed by atoms with van der Waals surface area (Å²) in [6, 6.07) is 6.51. The van der Waals surface area contributed by atoms with Gasteiger partial charge in [-0.05, 0) is 30.4 Å². The Balaban J connectivity index is 2.94. The SMILES string of the molecule is CCSc1ccc(C)cc1NC. The molecule has 1 aromatic carbocycles. The lowest BCUT2D eigenvalue weighted by Crippen LogP contribution is -1.91. The summed E-state index contributed by atoms with van der Waals surface area (Å²) in [7, 11) is 1.97. The molecular weight excluding hydrogens is 166 g/mol. The summed E-state index contributed by atoms with van der Waals surface area (Å²) in [4.78, 5) is 1.34. The number of anilines is 1. The minimum Gasteiger partial charge on any atom is -0.387 e. The summed E-state index contributed by atoms with van der Waals surface area (Å²) in [5.74, 6) is 1.12. The van der Waals surface area contributed by atoms with Gasteiger partial charge in [0.25, 0.3) is 0 Å². The van der Waals surface area contributed by atoms with Gasteiger partial charge >= 0.3 is 0 Å². The molecule has 0 aliphatic heterocycles. The Morgan fingerprint density at radius 1 is 1.42 bits per heavy atom. The molecule has 0 saturated carbocycles. The lowest BCUT2D eigenvalue weighted by Gasteiger charge is -2.07. The van der Waals surface area contributed by atoms with Gasteiger partial charge in [-0.3, -0.25) is 0 Å². The zero-order valence-electron chi connectivity index (χ0n) is 7.85. The molecule has 0 unspecified atom stereocenters. The smallest absolute Gasteiger partial charge is 0.0478 e. The number of thioether (sulfide) groups is 1. The van der Waals surface area contributed by atoms with Gasteiger partial charge in [0.2, 0.25) is 0 Å². The lowest BCUT2D eigenvalue weighted by atomic mass is 10.2. The third-order valence-electron chi connectivity index (χ3n) is 1.70. The van der Waals surface area contributed by atoms with Gasteiger partial charge in [-0.25, -0.2) is 0 Å². The van der Waals surface area contributed by atoms with E-state index in [1.165, 1.54) is 16.1 Å². The van der Waals surface area contributed by atoms with Crippen molar-refractivity contribution < 1.29 is 0 Å². The molecular formula is C10H15NS. The third kappa shape index (κ3) is 2.18. The Bertz CT molecular complexity index is 258. The zero-order chi connectivity index (χ0) is 8.97. The Morgan fingerprint density at radius 2 is 2.17 bits per heavy atom. The standard InChI is InChI=1S/C10H15NS/c1-4-12-10-6-5-8(2)7-9(10)11-3/h5-7,11H,4H2,1-3H3. The van der Waals surface area contributed by atoms with Crippen molar-refractivity contribution in [3.8, 4) is 0 Å². The molecule has 1 nitrogen and oxygen atoms in total. The largest absolute Gasteiger partial charge is 0.387 e. The molecule has 0 aromatic heterocycles. The van der Waals surface area contributed by atoms with Crippen LogP contribution >= 0.6 is 11.8 Å². The van der Waals surface area contributed by atoms with E-state index >= 15 is 0 Å². The monoisotopic (exact) mass is 181 g/mol. The molecule has 0 saturated heterocycles. The normalized spacial score (nSPS) is 9.92. The highest BCUT2D eigenvalue weighted by Gasteiger charge is 1.99. The first-order chi connectivity index (χ1) is 5.77. The van der Waals surface area contributed by atoms with E-state index in [2.05, 4.69) is 37.4 Å². The average molecular weight is 181 g/mol. The van der Waals surface area contributed by atoms with Crippen LogP contribution in [-0.2, 0) is 0 Å². The molecule has 0 bridgehead atoms. The molecule has 2 heteroatoms. The van der Waals surface area contributed by atoms with Gasteiger partial charge in [-0.1, -0.05) is 13.0 Å². The number of hydrogen-bond donors (Lipinski definition) is 1. The van der Waals surface area contributed by atoms with Crippen molar-refractivity contribution in [3.05, 3.63) is 23.8 Å². The third-order valence-corrected chi connectivity index (χ3v) is 2.66. The molecule has 0 amide bonds. The number of benzene rings is 1. The predicted molar refractivity (Wildman–Crippen MR) is 57.1 cm³/mol. The maximum absolute atomic E-state index is 3.20. The quantitative estimate of drug-likeness (QED) is 0.719. The fraction of sp³-hybridized carbons (Fsp3) is 0.400. The van der Waals surface area contributed by atoms with Crippen molar-refractivity contribution in [1.82, 2.24) is 0 Å². The lowest BCUT2D eigenvalue weighted by molar-refractivity contribution is 1.33. The molecule has 1 N–H and O–H groups in total. The summed E-state index contributed by atoms with van der Waals surface area (Å²) in [5, 5.41) is 3.20. The molecule has 1 aromatic rings. The minimum absolute atomic E-state index is 1.12. The van der Waals surface area contributed by atoms with Crippen LogP contribution in [0, 0.1) is 6.92 Å². The zero-order valence-corrected chi connectivity index (χ0v) is 8.66. The Kier molecular flexibility index (Phi) is 3.48. The van der Waals surface area contributed by atoms with Crippen molar-refractivity contribution in [2.24, 2.45) is 0 Å². The van der Waals surface area contributed by atoms with E-state index in [1.807, 2.05) is 18.8 Å². The summed E-state index contributed by atoms with van der Waals surface area (Å²) in [6.07, 6.45) is 0. The van der Waals surface area contributed by atoms with Crippen LogP contribution in [0.3, 0.4) is 0 Å². The van der Waals surface area contributed by atoms with Crippen LogP contribution in [0.5, 0.6) is 0 Å². The number of hydrogen-bond acceptors (Lipinski definition) is 2. The van der Waals surface area contributed by atoms with Crippen LogP contribution < -0.4 is 5.32 Å².